The molecule has 0 saturated carbocycles. The van der Waals surface area contributed by atoms with Crippen LogP contribution in [0.1, 0.15) is 11.7 Å². The number of nitrogens with one attached hydrogen (secondary N) is 1. The van der Waals surface area contributed by atoms with E-state index in [1.54, 1.807) is 43.8 Å². The lowest BCUT2D eigenvalue weighted by molar-refractivity contribution is 0.186. The third kappa shape index (κ3) is 3.39. The number of hydrogen-bond donors (Lipinski definition) is 2. The van der Waals surface area contributed by atoms with Crippen molar-refractivity contribution in [1.29, 1.82) is 0 Å². The smallest absolute Gasteiger partial charge is 0.124 e. The van der Waals surface area contributed by atoms with Crippen molar-refractivity contribution in [2.75, 3.05) is 26.1 Å². The minimum Gasteiger partial charge on any atom is -0.497 e. The first-order valence-electron chi connectivity index (χ1n) is 5.90. The summed E-state index contributed by atoms with van der Waals surface area (Å²) < 4.78 is 10.4. The Balaban J connectivity index is 2.10. The molecule has 0 saturated heterocycles. The van der Waals surface area contributed by atoms with Crippen LogP contribution < -0.4 is 14.8 Å². The van der Waals surface area contributed by atoms with Crippen molar-refractivity contribution >= 4 is 17.0 Å². The molecule has 1 unspecified atom stereocenters. The highest BCUT2D eigenvalue weighted by atomic mass is 32.1. The predicted molar refractivity (Wildman–Crippen MR) is 77.3 cm³/mol. The number of anilines is 1. The van der Waals surface area contributed by atoms with E-state index >= 15 is 0 Å². The molecule has 2 N–H and O–H groups in total. The zero-order chi connectivity index (χ0) is 13.7. The van der Waals surface area contributed by atoms with E-state index in [0.717, 1.165) is 5.69 Å². The Kier molecular flexibility index (Phi) is 4.65. The lowest BCUT2D eigenvalue weighted by Crippen LogP contribution is -2.12. The molecule has 0 aliphatic heterocycles. The van der Waals surface area contributed by atoms with Gasteiger partial charge in [0.2, 0.25) is 0 Å². The minimum absolute atomic E-state index is 0.417. The molecule has 0 amide bonds. The highest BCUT2D eigenvalue weighted by Crippen LogP contribution is 2.29. The van der Waals surface area contributed by atoms with Crippen LogP contribution in [0.4, 0.5) is 5.69 Å². The van der Waals surface area contributed by atoms with E-state index in [2.05, 4.69) is 5.32 Å². The lowest BCUT2D eigenvalue weighted by Gasteiger charge is -2.16. The Labute approximate surface area is 116 Å². The van der Waals surface area contributed by atoms with Gasteiger partial charge < -0.3 is 19.9 Å². The summed E-state index contributed by atoms with van der Waals surface area (Å²) in [6.07, 6.45) is -0.662. The minimum atomic E-state index is -0.662. The zero-order valence-corrected chi connectivity index (χ0v) is 11.7. The summed E-state index contributed by atoms with van der Waals surface area (Å²) in [6.45, 7) is 0.417. The predicted octanol–water partition coefficient (Wildman–Crippen LogP) is 2.91. The summed E-state index contributed by atoms with van der Waals surface area (Å²) in [5.41, 5.74) is 1.72. The van der Waals surface area contributed by atoms with Crippen LogP contribution in [-0.4, -0.2) is 25.9 Å². The second kappa shape index (κ2) is 6.45. The summed E-state index contributed by atoms with van der Waals surface area (Å²) >= 11 is 1.61. The monoisotopic (exact) mass is 279 g/mol. The van der Waals surface area contributed by atoms with Crippen LogP contribution in [0, 0.1) is 0 Å². The van der Waals surface area contributed by atoms with E-state index in [1.807, 2.05) is 16.8 Å². The second-order valence-corrected chi connectivity index (χ2v) is 4.80. The van der Waals surface area contributed by atoms with Gasteiger partial charge in [-0.25, -0.2) is 0 Å². The highest BCUT2D eigenvalue weighted by molar-refractivity contribution is 7.08. The Morgan fingerprint density at radius 1 is 1.26 bits per heavy atom. The van der Waals surface area contributed by atoms with Crippen LogP contribution in [0.15, 0.2) is 35.0 Å². The summed E-state index contributed by atoms with van der Waals surface area (Å²) in [7, 11) is 3.19. The maximum atomic E-state index is 10.3. The normalized spacial score (nSPS) is 11.9. The number of rotatable bonds is 6. The van der Waals surface area contributed by atoms with Crippen LogP contribution in [0.5, 0.6) is 11.5 Å². The second-order valence-electron chi connectivity index (χ2n) is 4.02. The molecule has 0 aliphatic carbocycles. The first-order chi connectivity index (χ1) is 9.24. The van der Waals surface area contributed by atoms with Crippen molar-refractivity contribution < 1.29 is 14.6 Å². The van der Waals surface area contributed by atoms with E-state index in [1.165, 1.54) is 0 Å². The molecular weight excluding hydrogens is 262 g/mol. The topological polar surface area (TPSA) is 50.7 Å². The molecule has 2 aromatic rings. The van der Waals surface area contributed by atoms with Crippen LogP contribution in [0.2, 0.25) is 0 Å². The van der Waals surface area contributed by atoms with Crippen molar-refractivity contribution in [3.63, 3.8) is 0 Å². The fourth-order valence-corrected chi connectivity index (χ4v) is 2.40. The molecule has 5 heteroatoms. The quantitative estimate of drug-likeness (QED) is 0.853. The molecule has 1 atom stereocenters. The van der Waals surface area contributed by atoms with Gasteiger partial charge >= 0.3 is 0 Å². The van der Waals surface area contributed by atoms with Crippen LogP contribution in [0.25, 0.3) is 0 Å². The number of aliphatic hydroxyl groups is 1. The van der Waals surface area contributed by atoms with E-state index < -0.39 is 6.10 Å². The fourth-order valence-electron chi connectivity index (χ4n) is 1.79. The third-order valence-corrected chi connectivity index (χ3v) is 3.50. The van der Waals surface area contributed by atoms with Crippen molar-refractivity contribution in [3.8, 4) is 11.5 Å². The van der Waals surface area contributed by atoms with Gasteiger partial charge in [-0.15, -0.1) is 0 Å². The Morgan fingerprint density at radius 3 is 2.74 bits per heavy atom. The standard InChI is InChI=1S/C14H17NO3S/c1-17-11-3-4-14(18-2)12(7-11)13(16)8-15-10-5-6-19-9-10/h3-7,9,13,15-16H,8H2,1-2H3. The van der Waals surface area contributed by atoms with Gasteiger partial charge in [-0.2, -0.15) is 11.3 Å². The number of hydrogen-bond acceptors (Lipinski definition) is 5. The number of thiophene rings is 1. The zero-order valence-electron chi connectivity index (χ0n) is 10.9. The van der Waals surface area contributed by atoms with E-state index in [0.29, 0.717) is 23.6 Å². The Morgan fingerprint density at radius 2 is 2.11 bits per heavy atom. The molecule has 1 heterocycles. The Hall–Kier alpha value is -1.72. The van der Waals surface area contributed by atoms with E-state index in [4.69, 9.17) is 9.47 Å². The van der Waals surface area contributed by atoms with Crippen LogP contribution in [0.3, 0.4) is 0 Å². The maximum Gasteiger partial charge on any atom is 0.124 e. The molecular formula is C14H17NO3S. The molecule has 0 radical (unpaired) electrons. The van der Waals surface area contributed by atoms with Crippen LogP contribution in [-0.2, 0) is 0 Å². The van der Waals surface area contributed by atoms with Gasteiger partial charge in [0.25, 0.3) is 0 Å². The number of aliphatic hydroxyl groups excluding tert-OH is 1. The van der Waals surface area contributed by atoms with Crippen LogP contribution >= 0.6 is 11.3 Å². The van der Waals surface area contributed by atoms with Gasteiger partial charge in [0.05, 0.1) is 20.3 Å². The molecule has 1 aromatic heterocycles. The first kappa shape index (κ1) is 13.7. The van der Waals surface area contributed by atoms with Gasteiger partial charge in [0.1, 0.15) is 11.5 Å². The van der Waals surface area contributed by atoms with E-state index in [9.17, 15) is 5.11 Å². The molecule has 0 bridgehead atoms. The number of benzene rings is 1. The SMILES string of the molecule is COc1ccc(OC)c(C(O)CNc2ccsc2)c1. The largest absolute Gasteiger partial charge is 0.497 e. The maximum absolute atomic E-state index is 10.3. The molecule has 2 rings (SSSR count). The van der Waals surface area contributed by atoms with Gasteiger partial charge in [-0.05, 0) is 29.6 Å². The Bertz CT molecular complexity index is 513. The summed E-state index contributed by atoms with van der Waals surface area (Å²) in [5, 5.41) is 17.4. The molecule has 1 aromatic carbocycles. The molecule has 4 nitrogen and oxygen atoms in total. The average Bonchev–Trinajstić information content (AvgIpc) is 2.97. The van der Waals surface area contributed by atoms with Gasteiger partial charge in [-0.3, -0.25) is 0 Å². The molecule has 0 spiro atoms. The molecule has 19 heavy (non-hydrogen) atoms. The third-order valence-electron chi connectivity index (χ3n) is 2.82. The lowest BCUT2D eigenvalue weighted by atomic mass is 10.1. The van der Waals surface area contributed by atoms with Gasteiger partial charge in [-0.1, -0.05) is 0 Å². The van der Waals surface area contributed by atoms with Crippen molar-refractivity contribution in [2.24, 2.45) is 0 Å². The van der Waals surface area contributed by atoms with E-state index in [-0.39, 0.29) is 0 Å². The number of ether oxygens (including phenoxy) is 2. The molecule has 0 aliphatic rings. The summed E-state index contributed by atoms with van der Waals surface area (Å²) in [6, 6.07) is 7.36. The first-order valence-corrected chi connectivity index (χ1v) is 6.85. The van der Waals surface area contributed by atoms with Crippen molar-refractivity contribution in [3.05, 3.63) is 40.6 Å². The van der Waals surface area contributed by atoms with Gasteiger partial charge in [0.15, 0.2) is 0 Å². The van der Waals surface area contributed by atoms with Crippen molar-refractivity contribution in [2.45, 2.75) is 6.10 Å². The average molecular weight is 279 g/mol. The summed E-state index contributed by atoms with van der Waals surface area (Å²) in [5.74, 6) is 1.35. The fraction of sp³-hybridized carbons (Fsp3) is 0.286. The number of methoxy groups -OCH3 is 2. The summed E-state index contributed by atoms with van der Waals surface area (Å²) in [4.78, 5) is 0. The molecule has 0 fully saturated rings. The molecule has 102 valence electrons. The van der Waals surface area contributed by atoms with Gasteiger partial charge in [0, 0.05) is 23.2 Å². The van der Waals surface area contributed by atoms with Crippen molar-refractivity contribution in [1.82, 2.24) is 0 Å². The highest BCUT2D eigenvalue weighted by Gasteiger charge is 2.14.